The van der Waals surface area contributed by atoms with Crippen LogP contribution in [0, 0.1) is 6.92 Å². The van der Waals surface area contributed by atoms with E-state index in [-0.39, 0.29) is 12.1 Å². The third kappa shape index (κ3) is 5.30. The fraction of sp³-hybridized carbons (Fsp3) is 0.400. The molecule has 8 heteroatoms. The number of hydrogen-bond donors (Lipinski definition) is 3. The molecule has 28 heavy (non-hydrogen) atoms. The highest BCUT2D eigenvalue weighted by atomic mass is 32.3. The summed E-state index contributed by atoms with van der Waals surface area (Å²) in [5.74, 6) is 0.478. The molecule has 2 aromatic rings. The number of rotatable bonds is 7. The molecule has 0 saturated carbocycles. The molecule has 1 fully saturated rings. The first-order chi connectivity index (χ1) is 13.4. The number of nitrogens with one attached hydrogen (secondary N) is 2. The maximum absolute atomic E-state index is 11.5. The van der Waals surface area contributed by atoms with E-state index in [1.807, 2.05) is 43.3 Å². The SMILES string of the molecule is COc1ccc(C)cc1C(NC1CCCNC1c1ccccc1)OS(=O)(=O)O. The van der Waals surface area contributed by atoms with Crippen molar-refractivity contribution in [3.8, 4) is 5.75 Å². The van der Waals surface area contributed by atoms with Crippen LogP contribution in [0.5, 0.6) is 5.75 Å². The number of piperidine rings is 1. The van der Waals surface area contributed by atoms with Crippen LogP contribution in [0.1, 0.15) is 41.8 Å². The van der Waals surface area contributed by atoms with E-state index in [1.165, 1.54) is 7.11 Å². The van der Waals surface area contributed by atoms with Crippen LogP contribution in [0.4, 0.5) is 0 Å². The summed E-state index contributed by atoms with van der Waals surface area (Å²) in [5, 5.41) is 6.76. The zero-order chi connectivity index (χ0) is 20.1. The Labute approximate surface area is 166 Å². The van der Waals surface area contributed by atoms with Gasteiger partial charge in [-0.2, -0.15) is 8.42 Å². The Balaban J connectivity index is 1.93. The Kier molecular flexibility index (Phi) is 6.69. The number of methoxy groups -OCH3 is 1. The minimum Gasteiger partial charge on any atom is -0.496 e. The summed E-state index contributed by atoms with van der Waals surface area (Å²) in [4.78, 5) is 0. The van der Waals surface area contributed by atoms with Gasteiger partial charge in [-0.05, 0) is 44.0 Å². The van der Waals surface area contributed by atoms with E-state index >= 15 is 0 Å². The molecule has 3 rings (SSSR count). The van der Waals surface area contributed by atoms with Crippen molar-refractivity contribution in [3.05, 3.63) is 65.2 Å². The Morgan fingerprint density at radius 1 is 1.21 bits per heavy atom. The first kappa shape index (κ1) is 20.8. The molecule has 1 aliphatic rings. The molecule has 2 aromatic carbocycles. The van der Waals surface area contributed by atoms with Gasteiger partial charge in [0.15, 0.2) is 6.23 Å². The number of ether oxygens (including phenoxy) is 1. The second-order valence-corrected chi connectivity index (χ2v) is 7.96. The standard InChI is InChI=1S/C20H26N2O5S/c1-14-10-11-18(26-2)16(13-14)20(27-28(23,24)25)22-17-9-6-12-21-19(17)15-7-4-3-5-8-15/h3-5,7-8,10-11,13,17,19-22H,6,9,12H2,1-2H3,(H,23,24,25). The van der Waals surface area contributed by atoms with Crippen LogP contribution >= 0.6 is 0 Å². The average Bonchev–Trinajstić information content (AvgIpc) is 2.67. The van der Waals surface area contributed by atoms with Gasteiger partial charge in [-0.25, -0.2) is 4.18 Å². The Hall–Kier alpha value is -1.97. The molecule has 0 amide bonds. The monoisotopic (exact) mass is 406 g/mol. The first-order valence-corrected chi connectivity index (χ1v) is 10.6. The minimum absolute atomic E-state index is 0.0155. The van der Waals surface area contributed by atoms with Crippen LogP contribution in [-0.2, 0) is 14.6 Å². The molecule has 1 saturated heterocycles. The van der Waals surface area contributed by atoms with Crippen molar-refractivity contribution in [3.63, 3.8) is 0 Å². The summed E-state index contributed by atoms with van der Waals surface area (Å²) in [6.45, 7) is 2.76. The smallest absolute Gasteiger partial charge is 0.399 e. The van der Waals surface area contributed by atoms with Crippen molar-refractivity contribution in [2.75, 3.05) is 13.7 Å². The summed E-state index contributed by atoms with van der Waals surface area (Å²) < 4.78 is 42.8. The Morgan fingerprint density at radius 2 is 1.96 bits per heavy atom. The van der Waals surface area contributed by atoms with Crippen molar-refractivity contribution in [2.24, 2.45) is 0 Å². The van der Waals surface area contributed by atoms with Crippen molar-refractivity contribution in [2.45, 2.75) is 38.1 Å². The van der Waals surface area contributed by atoms with Gasteiger partial charge in [-0.15, -0.1) is 0 Å². The maximum Gasteiger partial charge on any atom is 0.399 e. The molecular formula is C20H26N2O5S. The van der Waals surface area contributed by atoms with E-state index < -0.39 is 16.6 Å². The fourth-order valence-corrected chi connectivity index (χ4v) is 4.03. The van der Waals surface area contributed by atoms with Gasteiger partial charge in [-0.1, -0.05) is 42.0 Å². The van der Waals surface area contributed by atoms with Crippen molar-refractivity contribution < 1.29 is 21.9 Å². The van der Waals surface area contributed by atoms with Gasteiger partial charge in [0.05, 0.1) is 7.11 Å². The maximum atomic E-state index is 11.5. The van der Waals surface area contributed by atoms with Crippen molar-refractivity contribution in [1.82, 2.24) is 10.6 Å². The van der Waals surface area contributed by atoms with Crippen molar-refractivity contribution in [1.29, 1.82) is 0 Å². The van der Waals surface area contributed by atoms with Crippen LogP contribution in [0.2, 0.25) is 0 Å². The number of benzene rings is 2. The predicted octanol–water partition coefficient (Wildman–Crippen LogP) is 2.90. The molecule has 1 aliphatic heterocycles. The highest BCUT2D eigenvalue weighted by molar-refractivity contribution is 7.80. The van der Waals surface area contributed by atoms with Crippen molar-refractivity contribution >= 4 is 10.4 Å². The molecule has 0 bridgehead atoms. The van der Waals surface area contributed by atoms with Gasteiger partial charge in [0.25, 0.3) is 0 Å². The largest absolute Gasteiger partial charge is 0.496 e. The van der Waals surface area contributed by atoms with Gasteiger partial charge >= 0.3 is 10.4 Å². The summed E-state index contributed by atoms with van der Waals surface area (Å²) in [5.41, 5.74) is 2.53. The van der Waals surface area contributed by atoms with E-state index in [0.29, 0.717) is 11.3 Å². The average molecular weight is 407 g/mol. The molecular weight excluding hydrogens is 380 g/mol. The van der Waals surface area contributed by atoms with E-state index in [4.69, 9.17) is 8.92 Å². The molecule has 0 aromatic heterocycles. The molecule has 3 N–H and O–H groups in total. The van der Waals surface area contributed by atoms with Gasteiger partial charge in [0.2, 0.25) is 0 Å². The second-order valence-electron chi connectivity index (χ2n) is 6.91. The zero-order valence-electron chi connectivity index (χ0n) is 16.0. The Morgan fingerprint density at radius 3 is 2.64 bits per heavy atom. The van der Waals surface area contributed by atoms with Crippen LogP contribution in [0.15, 0.2) is 48.5 Å². The van der Waals surface area contributed by atoms with E-state index in [2.05, 4.69) is 10.6 Å². The molecule has 0 radical (unpaired) electrons. The normalized spacial score (nSPS) is 21.2. The van der Waals surface area contributed by atoms with E-state index in [0.717, 1.165) is 30.5 Å². The quantitative estimate of drug-likeness (QED) is 0.480. The van der Waals surface area contributed by atoms with Gasteiger partial charge in [0, 0.05) is 17.6 Å². The number of aryl methyl sites for hydroxylation is 1. The third-order valence-corrected chi connectivity index (χ3v) is 5.30. The van der Waals surface area contributed by atoms with E-state index in [9.17, 15) is 13.0 Å². The molecule has 0 aliphatic carbocycles. The highest BCUT2D eigenvalue weighted by Gasteiger charge is 2.31. The predicted molar refractivity (Wildman–Crippen MR) is 106 cm³/mol. The summed E-state index contributed by atoms with van der Waals surface area (Å²) >= 11 is 0. The van der Waals surface area contributed by atoms with Crippen LogP contribution in [-0.4, -0.2) is 32.7 Å². The topological polar surface area (TPSA) is 96.9 Å². The van der Waals surface area contributed by atoms with Crippen LogP contribution in [0.3, 0.4) is 0 Å². The second kappa shape index (κ2) is 9.02. The molecule has 1 heterocycles. The highest BCUT2D eigenvalue weighted by Crippen LogP contribution is 2.32. The third-order valence-electron chi connectivity index (χ3n) is 4.87. The molecule has 152 valence electrons. The first-order valence-electron chi connectivity index (χ1n) is 9.22. The molecule has 0 spiro atoms. The van der Waals surface area contributed by atoms with Gasteiger partial charge in [0.1, 0.15) is 5.75 Å². The minimum atomic E-state index is -4.68. The van der Waals surface area contributed by atoms with Gasteiger partial charge < -0.3 is 10.1 Å². The summed E-state index contributed by atoms with van der Waals surface area (Å²) in [6.07, 6.45) is 0.678. The molecule has 7 nitrogen and oxygen atoms in total. The lowest BCUT2D eigenvalue weighted by molar-refractivity contribution is 0.116. The lowest BCUT2D eigenvalue weighted by atomic mass is 9.92. The van der Waals surface area contributed by atoms with Crippen LogP contribution < -0.4 is 15.4 Å². The van der Waals surface area contributed by atoms with Crippen LogP contribution in [0.25, 0.3) is 0 Å². The Bertz CT molecular complexity index is 889. The summed E-state index contributed by atoms with van der Waals surface area (Å²) in [7, 11) is -3.17. The zero-order valence-corrected chi connectivity index (χ0v) is 16.8. The lowest BCUT2D eigenvalue weighted by Crippen LogP contribution is -2.48. The van der Waals surface area contributed by atoms with E-state index in [1.54, 1.807) is 12.1 Å². The number of hydrogen-bond acceptors (Lipinski definition) is 6. The summed E-state index contributed by atoms with van der Waals surface area (Å²) in [6, 6.07) is 15.2. The lowest BCUT2D eigenvalue weighted by Gasteiger charge is -2.36. The van der Waals surface area contributed by atoms with Gasteiger partial charge in [-0.3, -0.25) is 9.87 Å². The molecule has 3 unspecified atom stereocenters. The fourth-order valence-electron chi connectivity index (χ4n) is 3.62. The molecule has 3 atom stereocenters.